The second-order valence-corrected chi connectivity index (χ2v) is 8.62. The molecule has 0 bridgehead atoms. The molecule has 0 spiro atoms. The number of pyridine rings is 1. The van der Waals surface area contributed by atoms with E-state index in [2.05, 4.69) is 4.98 Å². The quantitative estimate of drug-likeness (QED) is 0.457. The van der Waals surface area contributed by atoms with E-state index in [0.717, 1.165) is 5.56 Å². The van der Waals surface area contributed by atoms with Gasteiger partial charge in [-0.25, -0.2) is 4.39 Å². The van der Waals surface area contributed by atoms with Crippen LogP contribution in [0.5, 0.6) is 5.75 Å². The zero-order valence-electron chi connectivity index (χ0n) is 18.6. The Labute approximate surface area is 194 Å². The second kappa shape index (κ2) is 10.7. The summed E-state index contributed by atoms with van der Waals surface area (Å²) in [6.45, 7) is 5.35. The van der Waals surface area contributed by atoms with Crippen LogP contribution in [0.3, 0.4) is 0 Å². The molecule has 3 rings (SSSR count). The highest BCUT2D eigenvalue weighted by Gasteiger charge is 2.47. The van der Waals surface area contributed by atoms with E-state index in [-0.39, 0.29) is 11.6 Å². The van der Waals surface area contributed by atoms with Crippen molar-refractivity contribution in [3.8, 4) is 16.9 Å². The summed E-state index contributed by atoms with van der Waals surface area (Å²) in [6, 6.07) is 6.45. The first-order valence-electron chi connectivity index (χ1n) is 10.2. The van der Waals surface area contributed by atoms with Crippen molar-refractivity contribution in [2.45, 2.75) is 51.4 Å². The minimum atomic E-state index is -1.04. The van der Waals surface area contributed by atoms with E-state index in [1.54, 1.807) is 31.3 Å². The highest BCUT2D eigenvalue weighted by atomic mass is 32.2. The molecular weight excluding hydrogens is 453 g/mol. The maximum absolute atomic E-state index is 13.6. The third-order valence-corrected chi connectivity index (χ3v) is 5.98. The SMILES string of the molecule is CC(=O)O[C@@H]1[C@@H](OC(C)=O)[C@@H](Oc2cncc(-c3ccc(F)c(C)c3)c2)SC[C@H]1OC(C)=O. The lowest BCUT2D eigenvalue weighted by molar-refractivity contribution is -0.186. The summed E-state index contributed by atoms with van der Waals surface area (Å²) in [5.74, 6) is -1.45. The minimum Gasteiger partial charge on any atom is -0.474 e. The third-order valence-electron chi connectivity index (χ3n) is 4.76. The molecule has 2 aromatic rings. The Hall–Kier alpha value is -3.14. The number of benzene rings is 1. The van der Waals surface area contributed by atoms with E-state index >= 15 is 0 Å². The Morgan fingerprint density at radius 1 is 0.939 bits per heavy atom. The smallest absolute Gasteiger partial charge is 0.303 e. The van der Waals surface area contributed by atoms with E-state index in [4.69, 9.17) is 18.9 Å². The number of hydrogen-bond donors (Lipinski definition) is 0. The van der Waals surface area contributed by atoms with Crippen LogP contribution in [0.25, 0.3) is 11.1 Å². The molecule has 10 heteroatoms. The number of hydrogen-bond acceptors (Lipinski definition) is 9. The van der Waals surface area contributed by atoms with Gasteiger partial charge in [0.05, 0.1) is 6.20 Å². The van der Waals surface area contributed by atoms with E-state index in [1.165, 1.54) is 44.8 Å². The van der Waals surface area contributed by atoms with Gasteiger partial charge in [0, 0.05) is 38.3 Å². The summed E-state index contributed by atoms with van der Waals surface area (Å²) in [4.78, 5) is 39.2. The summed E-state index contributed by atoms with van der Waals surface area (Å²) >= 11 is 1.25. The maximum Gasteiger partial charge on any atom is 0.303 e. The van der Waals surface area contributed by atoms with Crippen molar-refractivity contribution in [1.29, 1.82) is 0 Å². The summed E-state index contributed by atoms with van der Waals surface area (Å²) in [6.07, 6.45) is 0.218. The summed E-state index contributed by atoms with van der Waals surface area (Å²) < 4.78 is 35.8. The largest absolute Gasteiger partial charge is 0.474 e. The lowest BCUT2D eigenvalue weighted by Crippen LogP contribution is -2.55. The molecule has 2 heterocycles. The van der Waals surface area contributed by atoms with Crippen molar-refractivity contribution in [1.82, 2.24) is 4.98 Å². The van der Waals surface area contributed by atoms with Crippen LogP contribution in [0.15, 0.2) is 36.7 Å². The first-order chi connectivity index (χ1) is 15.6. The highest BCUT2D eigenvalue weighted by molar-refractivity contribution is 7.99. The zero-order valence-corrected chi connectivity index (χ0v) is 19.4. The van der Waals surface area contributed by atoms with Gasteiger partial charge in [0.15, 0.2) is 23.7 Å². The predicted octanol–water partition coefficient (Wildman–Crippen LogP) is 3.44. The lowest BCUT2D eigenvalue weighted by atomic mass is 10.0. The molecule has 1 aliphatic rings. The molecule has 8 nitrogen and oxygen atoms in total. The Kier molecular flexibility index (Phi) is 7.91. The van der Waals surface area contributed by atoms with Crippen LogP contribution in [0.4, 0.5) is 4.39 Å². The van der Waals surface area contributed by atoms with Crippen molar-refractivity contribution in [3.05, 3.63) is 48.0 Å². The van der Waals surface area contributed by atoms with Gasteiger partial charge in [-0.2, -0.15) is 0 Å². The normalized spacial score (nSPS) is 22.2. The van der Waals surface area contributed by atoms with Gasteiger partial charge in [0.25, 0.3) is 0 Å². The van der Waals surface area contributed by atoms with Crippen LogP contribution in [0, 0.1) is 12.7 Å². The molecule has 33 heavy (non-hydrogen) atoms. The van der Waals surface area contributed by atoms with Crippen molar-refractivity contribution < 1.29 is 37.7 Å². The number of aromatic nitrogens is 1. The minimum absolute atomic E-state index is 0.254. The van der Waals surface area contributed by atoms with E-state index in [9.17, 15) is 18.8 Å². The zero-order chi connectivity index (χ0) is 24.1. The number of ether oxygens (including phenoxy) is 4. The second-order valence-electron chi connectivity index (χ2n) is 7.49. The van der Waals surface area contributed by atoms with Crippen molar-refractivity contribution in [2.24, 2.45) is 0 Å². The number of rotatable bonds is 6. The molecule has 0 aliphatic carbocycles. The van der Waals surface area contributed by atoms with Crippen molar-refractivity contribution in [3.63, 3.8) is 0 Å². The molecule has 0 amide bonds. The first kappa shape index (κ1) is 24.5. The number of nitrogens with zero attached hydrogens (tertiary/aromatic N) is 1. The van der Waals surface area contributed by atoms with Crippen molar-refractivity contribution in [2.75, 3.05) is 5.75 Å². The number of thioether (sulfide) groups is 1. The van der Waals surface area contributed by atoms with Crippen LogP contribution in [-0.2, 0) is 28.6 Å². The fourth-order valence-corrected chi connectivity index (χ4v) is 4.63. The number of aryl methyl sites for hydroxylation is 1. The summed E-state index contributed by atoms with van der Waals surface area (Å²) in [7, 11) is 0. The van der Waals surface area contributed by atoms with Gasteiger partial charge in [0.2, 0.25) is 0 Å². The number of esters is 3. The molecule has 1 fully saturated rings. The van der Waals surface area contributed by atoms with Gasteiger partial charge in [-0.1, -0.05) is 6.07 Å². The van der Waals surface area contributed by atoms with Crippen LogP contribution >= 0.6 is 11.8 Å². The molecule has 0 saturated carbocycles. The molecule has 1 aliphatic heterocycles. The van der Waals surface area contributed by atoms with Gasteiger partial charge in [-0.15, -0.1) is 11.8 Å². The number of carbonyl (C=O) groups excluding carboxylic acids is 3. The molecule has 1 aromatic heterocycles. The Morgan fingerprint density at radius 2 is 1.61 bits per heavy atom. The molecular formula is C23H24FNO7S. The number of halogens is 1. The topological polar surface area (TPSA) is 101 Å². The molecule has 4 atom stereocenters. The standard InChI is InChI=1S/C23H24FNO7S/c1-12-7-16(5-6-19(12)24)17-8-18(10-25-9-17)32-23-22(31-15(4)28)21(30-14(3)27)20(11-33-23)29-13(2)26/h5-10,20-23H,11H2,1-4H3/t20-,21+,22-,23+/m1/s1. The van der Waals surface area contributed by atoms with E-state index in [1.807, 2.05) is 0 Å². The Morgan fingerprint density at radius 3 is 2.24 bits per heavy atom. The fourth-order valence-electron chi connectivity index (χ4n) is 3.41. The molecule has 176 valence electrons. The van der Waals surface area contributed by atoms with Gasteiger partial charge >= 0.3 is 17.9 Å². The Balaban J connectivity index is 1.87. The van der Waals surface area contributed by atoms with E-state index in [0.29, 0.717) is 16.9 Å². The summed E-state index contributed by atoms with van der Waals surface area (Å²) in [5.41, 5.74) is 1.19. The lowest BCUT2D eigenvalue weighted by Gasteiger charge is -2.39. The van der Waals surface area contributed by atoms with Crippen LogP contribution in [-0.4, -0.2) is 52.4 Å². The molecule has 0 radical (unpaired) electrons. The van der Waals surface area contributed by atoms with Crippen LogP contribution in [0.1, 0.15) is 26.3 Å². The van der Waals surface area contributed by atoms with Gasteiger partial charge in [-0.05, 0) is 36.2 Å². The third kappa shape index (κ3) is 6.44. The maximum atomic E-state index is 13.6. The summed E-state index contributed by atoms with van der Waals surface area (Å²) in [5, 5.41) is 0. The molecule has 1 aromatic carbocycles. The monoisotopic (exact) mass is 477 g/mol. The fraction of sp³-hybridized carbons (Fsp3) is 0.391. The van der Waals surface area contributed by atoms with E-state index < -0.39 is 41.7 Å². The van der Waals surface area contributed by atoms with Crippen LogP contribution < -0.4 is 4.74 Å². The van der Waals surface area contributed by atoms with Gasteiger partial charge in [0.1, 0.15) is 11.6 Å². The average molecular weight is 478 g/mol. The number of carbonyl (C=O) groups is 3. The highest BCUT2D eigenvalue weighted by Crippen LogP contribution is 2.35. The Bertz CT molecular complexity index is 1050. The predicted molar refractivity (Wildman–Crippen MR) is 118 cm³/mol. The molecule has 0 unspecified atom stereocenters. The van der Waals surface area contributed by atoms with Gasteiger partial charge in [-0.3, -0.25) is 19.4 Å². The molecule has 1 saturated heterocycles. The first-order valence-corrected chi connectivity index (χ1v) is 11.2. The average Bonchev–Trinajstić information content (AvgIpc) is 2.73. The van der Waals surface area contributed by atoms with Crippen molar-refractivity contribution >= 4 is 29.7 Å². The van der Waals surface area contributed by atoms with Gasteiger partial charge < -0.3 is 18.9 Å². The van der Waals surface area contributed by atoms with Crippen LogP contribution in [0.2, 0.25) is 0 Å². The molecule has 0 N–H and O–H groups in total.